The summed E-state index contributed by atoms with van der Waals surface area (Å²) in [6.45, 7) is 0.143. The van der Waals surface area contributed by atoms with Crippen molar-refractivity contribution < 1.29 is 19.1 Å². The molecule has 2 N–H and O–H groups in total. The van der Waals surface area contributed by atoms with Gasteiger partial charge in [0.2, 0.25) is 6.79 Å². The van der Waals surface area contributed by atoms with Gasteiger partial charge in [-0.25, -0.2) is 5.43 Å². The van der Waals surface area contributed by atoms with E-state index >= 15 is 0 Å². The van der Waals surface area contributed by atoms with Crippen LogP contribution in [-0.4, -0.2) is 29.8 Å². The van der Waals surface area contributed by atoms with Gasteiger partial charge in [-0.3, -0.25) is 14.6 Å². The van der Waals surface area contributed by atoms with Crippen molar-refractivity contribution >= 4 is 24.1 Å². The number of hydrogen-bond acceptors (Lipinski definition) is 6. The van der Waals surface area contributed by atoms with Crippen molar-refractivity contribution in [3.05, 3.63) is 95.4 Å². The van der Waals surface area contributed by atoms with Gasteiger partial charge in [-0.05, 0) is 53.6 Å². The van der Waals surface area contributed by atoms with E-state index in [2.05, 4.69) is 20.8 Å². The van der Waals surface area contributed by atoms with Crippen molar-refractivity contribution in [2.75, 3.05) is 6.79 Å². The summed E-state index contributed by atoms with van der Waals surface area (Å²) >= 11 is 0. The lowest BCUT2D eigenvalue weighted by Crippen LogP contribution is -2.32. The predicted molar refractivity (Wildman–Crippen MR) is 114 cm³/mol. The minimum Gasteiger partial charge on any atom is -0.454 e. The zero-order chi connectivity index (χ0) is 21.5. The molecule has 1 aliphatic heterocycles. The quantitative estimate of drug-likeness (QED) is 0.367. The molecule has 2 amide bonds. The summed E-state index contributed by atoms with van der Waals surface area (Å²) in [6, 6.07) is 17.3. The van der Waals surface area contributed by atoms with Gasteiger partial charge in [-0.2, -0.15) is 5.10 Å². The molecule has 8 nitrogen and oxygen atoms in total. The Morgan fingerprint density at radius 2 is 1.71 bits per heavy atom. The molecule has 31 heavy (non-hydrogen) atoms. The van der Waals surface area contributed by atoms with E-state index in [9.17, 15) is 9.59 Å². The van der Waals surface area contributed by atoms with Crippen molar-refractivity contribution in [1.29, 1.82) is 0 Å². The fourth-order valence-electron chi connectivity index (χ4n) is 2.79. The van der Waals surface area contributed by atoms with E-state index in [0.29, 0.717) is 22.6 Å². The van der Waals surface area contributed by atoms with Crippen LogP contribution < -0.4 is 20.2 Å². The van der Waals surface area contributed by atoms with Crippen LogP contribution in [0.5, 0.6) is 11.5 Å². The van der Waals surface area contributed by atoms with Crippen molar-refractivity contribution in [1.82, 2.24) is 15.7 Å². The Morgan fingerprint density at radius 3 is 2.52 bits per heavy atom. The number of fused-ring (bicyclic) bond motifs is 1. The van der Waals surface area contributed by atoms with Crippen LogP contribution in [0.15, 0.2) is 83.9 Å². The zero-order valence-corrected chi connectivity index (χ0v) is 16.3. The smallest absolute Gasteiger partial charge is 0.287 e. The van der Waals surface area contributed by atoms with E-state index in [-0.39, 0.29) is 12.5 Å². The second-order valence-corrected chi connectivity index (χ2v) is 6.47. The normalized spacial score (nSPS) is 12.6. The van der Waals surface area contributed by atoms with Crippen LogP contribution in [0, 0.1) is 0 Å². The Morgan fingerprint density at radius 1 is 0.935 bits per heavy atom. The molecule has 154 valence electrons. The molecule has 4 rings (SSSR count). The van der Waals surface area contributed by atoms with Gasteiger partial charge < -0.3 is 14.8 Å². The summed E-state index contributed by atoms with van der Waals surface area (Å²) < 4.78 is 10.7. The summed E-state index contributed by atoms with van der Waals surface area (Å²) in [5.74, 6) is 0.199. The van der Waals surface area contributed by atoms with Crippen LogP contribution in [0.1, 0.15) is 21.5 Å². The Balaban J connectivity index is 1.56. The van der Waals surface area contributed by atoms with Gasteiger partial charge in [-0.1, -0.05) is 24.3 Å². The van der Waals surface area contributed by atoms with Crippen molar-refractivity contribution in [3.63, 3.8) is 0 Å². The molecular formula is C23H18N4O4. The molecule has 0 saturated carbocycles. The van der Waals surface area contributed by atoms with Crippen molar-refractivity contribution in [2.24, 2.45) is 5.10 Å². The van der Waals surface area contributed by atoms with Crippen LogP contribution in [0.2, 0.25) is 0 Å². The van der Waals surface area contributed by atoms with Crippen LogP contribution in [0.3, 0.4) is 0 Å². The molecule has 0 saturated heterocycles. The van der Waals surface area contributed by atoms with E-state index in [0.717, 1.165) is 5.56 Å². The third-order valence-corrected chi connectivity index (χ3v) is 4.32. The third-order valence-electron chi connectivity index (χ3n) is 4.32. The molecular weight excluding hydrogens is 396 g/mol. The first-order valence-electron chi connectivity index (χ1n) is 9.40. The number of benzene rings is 2. The molecule has 0 unspecified atom stereocenters. The fourth-order valence-corrected chi connectivity index (χ4v) is 2.79. The van der Waals surface area contributed by atoms with Gasteiger partial charge in [0.1, 0.15) is 5.70 Å². The minimum atomic E-state index is -0.577. The molecule has 0 bridgehead atoms. The number of hydrazone groups is 1. The lowest BCUT2D eigenvalue weighted by Gasteiger charge is -2.09. The Kier molecular flexibility index (Phi) is 5.99. The number of nitrogens with zero attached hydrogens (tertiary/aromatic N) is 2. The molecule has 1 aliphatic rings. The van der Waals surface area contributed by atoms with Crippen LogP contribution in [0.4, 0.5) is 0 Å². The summed E-state index contributed by atoms with van der Waals surface area (Å²) in [6.07, 6.45) is 6.26. The van der Waals surface area contributed by atoms with E-state index in [4.69, 9.17) is 9.47 Å². The zero-order valence-electron chi connectivity index (χ0n) is 16.3. The minimum absolute atomic E-state index is 0.0274. The maximum Gasteiger partial charge on any atom is 0.287 e. The second kappa shape index (κ2) is 9.36. The fraction of sp³-hybridized carbons (Fsp3) is 0.0435. The molecule has 0 atom stereocenters. The van der Waals surface area contributed by atoms with Crippen LogP contribution >= 0.6 is 0 Å². The summed E-state index contributed by atoms with van der Waals surface area (Å²) in [4.78, 5) is 29.3. The van der Waals surface area contributed by atoms with E-state index in [1.807, 2.05) is 0 Å². The van der Waals surface area contributed by atoms with Gasteiger partial charge in [0.25, 0.3) is 11.8 Å². The maximum atomic E-state index is 12.8. The Hall–Kier alpha value is -4.46. The highest BCUT2D eigenvalue weighted by molar-refractivity contribution is 6.05. The number of ether oxygens (including phenoxy) is 2. The van der Waals surface area contributed by atoms with Crippen LogP contribution in [-0.2, 0) is 4.79 Å². The average Bonchev–Trinajstić information content (AvgIpc) is 3.28. The lowest BCUT2D eigenvalue weighted by molar-refractivity contribution is -0.117. The molecule has 3 aromatic rings. The van der Waals surface area contributed by atoms with Crippen molar-refractivity contribution in [2.45, 2.75) is 0 Å². The second-order valence-electron chi connectivity index (χ2n) is 6.47. The average molecular weight is 414 g/mol. The predicted octanol–water partition coefficient (Wildman–Crippen LogP) is 2.73. The number of aromatic nitrogens is 1. The SMILES string of the molecule is O=C(NN=Cc1ccncc1)C(=Cc1ccc2c(c1)OCO2)NC(=O)c1ccccc1. The molecule has 8 heteroatoms. The Bertz CT molecular complexity index is 1140. The van der Waals surface area contributed by atoms with Gasteiger partial charge in [0.05, 0.1) is 6.21 Å². The highest BCUT2D eigenvalue weighted by atomic mass is 16.7. The number of pyridine rings is 1. The first kappa shape index (κ1) is 19.8. The van der Waals surface area contributed by atoms with E-state index < -0.39 is 11.8 Å². The van der Waals surface area contributed by atoms with Gasteiger partial charge in [-0.15, -0.1) is 0 Å². The van der Waals surface area contributed by atoms with E-state index in [1.165, 1.54) is 6.21 Å². The number of nitrogens with one attached hydrogen (secondary N) is 2. The van der Waals surface area contributed by atoms with Crippen molar-refractivity contribution in [3.8, 4) is 11.5 Å². The highest BCUT2D eigenvalue weighted by Gasteiger charge is 2.16. The number of hydrogen-bond donors (Lipinski definition) is 2. The number of carbonyl (C=O) groups is 2. The monoisotopic (exact) mass is 414 g/mol. The van der Waals surface area contributed by atoms with Gasteiger partial charge in [0.15, 0.2) is 11.5 Å². The van der Waals surface area contributed by atoms with Gasteiger partial charge in [0, 0.05) is 18.0 Å². The number of amides is 2. The van der Waals surface area contributed by atoms with E-state index in [1.54, 1.807) is 79.1 Å². The first-order valence-corrected chi connectivity index (χ1v) is 9.40. The highest BCUT2D eigenvalue weighted by Crippen LogP contribution is 2.33. The molecule has 0 aliphatic carbocycles. The Labute approximate surface area is 178 Å². The third kappa shape index (κ3) is 5.13. The first-order chi connectivity index (χ1) is 15.2. The maximum absolute atomic E-state index is 12.8. The standard InChI is InChI=1S/C23H18N4O4/c28-22(18-4-2-1-3-5-18)26-19(12-17-6-7-20-21(13-17)31-15-30-20)23(29)27-25-14-16-8-10-24-11-9-16/h1-14H,15H2,(H,26,28)(H,27,29). The molecule has 2 heterocycles. The topological polar surface area (TPSA) is 102 Å². The number of carbonyl (C=O) groups excluding carboxylic acids is 2. The summed E-state index contributed by atoms with van der Waals surface area (Å²) in [5.41, 5.74) is 4.30. The van der Waals surface area contributed by atoms with Gasteiger partial charge >= 0.3 is 0 Å². The summed E-state index contributed by atoms with van der Waals surface area (Å²) in [5, 5.41) is 6.60. The largest absolute Gasteiger partial charge is 0.454 e. The van der Waals surface area contributed by atoms with Crippen LogP contribution in [0.25, 0.3) is 6.08 Å². The molecule has 1 aromatic heterocycles. The number of rotatable bonds is 6. The lowest BCUT2D eigenvalue weighted by atomic mass is 10.1. The summed E-state index contributed by atoms with van der Waals surface area (Å²) in [7, 11) is 0. The molecule has 0 fully saturated rings. The molecule has 0 spiro atoms. The molecule has 2 aromatic carbocycles. The molecule has 0 radical (unpaired) electrons.